The van der Waals surface area contributed by atoms with Crippen molar-refractivity contribution in [2.75, 3.05) is 10.6 Å². The van der Waals surface area contributed by atoms with Crippen molar-refractivity contribution in [3.8, 4) is 0 Å². The Labute approximate surface area is 129 Å². The molecular formula is C16H21FN4O. The van der Waals surface area contributed by atoms with E-state index in [-0.39, 0.29) is 11.6 Å². The Hall–Kier alpha value is -2.37. The van der Waals surface area contributed by atoms with E-state index in [4.69, 9.17) is 0 Å². The van der Waals surface area contributed by atoms with Gasteiger partial charge in [-0.2, -0.15) is 5.10 Å². The Balaban J connectivity index is 1.96. The maximum absolute atomic E-state index is 13.7. The highest BCUT2D eigenvalue weighted by Gasteiger charge is 2.15. The largest absolute Gasteiger partial charge is 0.371 e. The molecule has 0 fully saturated rings. The zero-order valence-electron chi connectivity index (χ0n) is 13.1. The van der Waals surface area contributed by atoms with Gasteiger partial charge < -0.3 is 10.6 Å². The minimum atomic E-state index is -0.500. The average Bonchev–Trinajstić information content (AvgIpc) is 2.89. The van der Waals surface area contributed by atoms with Crippen molar-refractivity contribution in [2.45, 2.75) is 39.8 Å². The first-order valence-corrected chi connectivity index (χ1v) is 7.35. The Morgan fingerprint density at radius 3 is 2.91 bits per heavy atom. The summed E-state index contributed by atoms with van der Waals surface area (Å²) in [5.74, 6) is -0.734. The van der Waals surface area contributed by atoms with Gasteiger partial charge in [0.25, 0.3) is 0 Å². The number of nitrogens with one attached hydrogen (secondary N) is 2. The molecule has 0 aliphatic carbocycles. The van der Waals surface area contributed by atoms with Gasteiger partial charge in [-0.3, -0.25) is 9.48 Å². The molecule has 118 valence electrons. The third-order valence-electron chi connectivity index (χ3n) is 3.24. The van der Waals surface area contributed by atoms with Crippen LogP contribution in [-0.2, 0) is 11.3 Å². The Kier molecular flexibility index (Phi) is 5.14. The minimum Gasteiger partial charge on any atom is -0.371 e. The average molecular weight is 304 g/mol. The number of hydrogen-bond acceptors (Lipinski definition) is 3. The molecule has 2 aromatic rings. The summed E-state index contributed by atoms with van der Waals surface area (Å²) >= 11 is 0. The van der Waals surface area contributed by atoms with Crippen molar-refractivity contribution in [3.63, 3.8) is 0 Å². The molecule has 0 aliphatic heterocycles. The number of carbonyl (C=O) groups excluding carboxylic acids is 1. The number of nitrogens with zero attached hydrogens (tertiary/aromatic N) is 2. The molecule has 2 rings (SSSR count). The standard InChI is InChI=1S/C16H21FN4O/c1-4-7-21-10-13(9-18-21)19-12(3)16(22)20-15-6-5-11(2)8-14(15)17/h5-6,8-10,12,19H,4,7H2,1-3H3,(H,20,22)/t12-/m0/s1. The summed E-state index contributed by atoms with van der Waals surface area (Å²) in [6, 6.07) is 4.21. The fourth-order valence-corrected chi connectivity index (χ4v) is 2.07. The van der Waals surface area contributed by atoms with Crippen LogP contribution in [0, 0.1) is 12.7 Å². The van der Waals surface area contributed by atoms with Gasteiger partial charge in [0, 0.05) is 12.7 Å². The van der Waals surface area contributed by atoms with E-state index in [9.17, 15) is 9.18 Å². The van der Waals surface area contributed by atoms with Gasteiger partial charge in [0.2, 0.25) is 5.91 Å². The highest BCUT2D eigenvalue weighted by Crippen LogP contribution is 2.16. The zero-order valence-corrected chi connectivity index (χ0v) is 13.1. The van der Waals surface area contributed by atoms with E-state index in [1.807, 2.05) is 10.9 Å². The van der Waals surface area contributed by atoms with Crippen LogP contribution in [0.25, 0.3) is 0 Å². The maximum Gasteiger partial charge on any atom is 0.246 e. The van der Waals surface area contributed by atoms with Crippen LogP contribution in [-0.4, -0.2) is 21.7 Å². The molecule has 1 atom stereocenters. The first kappa shape index (κ1) is 16.0. The number of amides is 1. The smallest absolute Gasteiger partial charge is 0.246 e. The monoisotopic (exact) mass is 304 g/mol. The molecule has 0 radical (unpaired) electrons. The molecular weight excluding hydrogens is 283 g/mol. The van der Waals surface area contributed by atoms with Crippen LogP contribution in [0.2, 0.25) is 0 Å². The topological polar surface area (TPSA) is 59.0 Å². The number of hydrogen-bond donors (Lipinski definition) is 2. The summed E-state index contributed by atoms with van der Waals surface area (Å²) in [4.78, 5) is 12.1. The lowest BCUT2D eigenvalue weighted by Crippen LogP contribution is -2.32. The van der Waals surface area contributed by atoms with Crippen molar-refractivity contribution in [1.29, 1.82) is 0 Å². The van der Waals surface area contributed by atoms with E-state index in [2.05, 4.69) is 22.7 Å². The van der Waals surface area contributed by atoms with Gasteiger partial charge in [-0.25, -0.2) is 4.39 Å². The molecule has 0 spiro atoms. The molecule has 0 saturated carbocycles. The van der Waals surface area contributed by atoms with E-state index in [1.54, 1.807) is 32.2 Å². The van der Waals surface area contributed by atoms with Crippen molar-refractivity contribution in [3.05, 3.63) is 42.0 Å². The van der Waals surface area contributed by atoms with Crippen molar-refractivity contribution < 1.29 is 9.18 Å². The Morgan fingerprint density at radius 1 is 1.45 bits per heavy atom. The summed E-state index contributed by atoms with van der Waals surface area (Å²) in [5.41, 5.74) is 1.76. The van der Waals surface area contributed by atoms with Crippen LogP contribution >= 0.6 is 0 Å². The third kappa shape index (κ3) is 4.07. The second-order valence-corrected chi connectivity index (χ2v) is 5.33. The lowest BCUT2D eigenvalue weighted by molar-refractivity contribution is -0.116. The van der Waals surface area contributed by atoms with E-state index < -0.39 is 11.9 Å². The summed E-state index contributed by atoms with van der Waals surface area (Å²) in [7, 11) is 0. The molecule has 22 heavy (non-hydrogen) atoms. The van der Waals surface area contributed by atoms with Gasteiger partial charge in [0.1, 0.15) is 11.9 Å². The van der Waals surface area contributed by atoms with Crippen molar-refractivity contribution in [1.82, 2.24) is 9.78 Å². The summed E-state index contributed by atoms with van der Waals surface area (Å²) in [5, 5.41) is 9.83. The first-order valence-electron chi connectivity index (χ1n) is 7.35. The van der Waals surface area contributed by atoms with E-state index >= 15 is 0 Å². The number of aromatic nitrogens is 2. The molecule has 0 saturated heterocycles. The maximum atomic E-state index is 13.7. The third-order valence-corrected chi connectivity index (χ3v) is 3.24. The van der Waals surface area contributed by atoms with Crippen LogP contribution in [0.3, 0.4) is 0 Å². The fourth-order valence-electron chi connectivity index (χ4n) is 2.07. The number of anilines is 2. The molecule has 2 N–H and O–H groups in total. The molecule has 1 aromatic heterocycles. The molecule has 0 unspecified atom stereocenters. The van der Waals surface area contributed by atoms with Crippen LogP contribution < -0.4 is 10.6 Å². The van der Waals surface area contributed by atoms with Gasteiger partial charge in [-0.1, -0.05) is 13.0 Å². The summed E-state index contributed by atoms with van der Waals surface area (Å²) in [6.07, 6.45) is 4.51. The molecule has 6 heteroatoms. The van der Waals surface area contributed by atoms with Gasteiger partial charge >= 0.3 is 0 Å². The number of aryl methyl sites for hydroxylation is 2. The van der Waals surface area contributed by atoms with Gasteiger partial charge in [0.15, 0.2) is 0 Å². The molecule has 1 aromatic carbocycles. The van der Waals surface area contributed by atoms with E-state index in [0.717, 1.165) is 24.2 Å². The van der Waals surface area contributed by atoms with Crippen LogP contribution in [0.1, 0.15) is 25.8 Å². The van der Waals surface area contributed by atoms with E-state index in [0.29, 0.717) is 0 Å². The second kappa shape index (κ2) is 7.06. The van der Waals surface area contributed by atoms with Crippen molar-refractivity contribution >= 4 is 17.3 Å². The predicted molar refractivity (Wildman–Crippen MR) is 85.4 cm³/mol. The van der Waals surface area contributed by atoms with Gasteiger partial charge in [-0.15, -0.1) is 0 Å². The SMILES string of the molecule is CCCn1cc(N[C@@H](C)C(=O)Nc2ccc(C)cc2F)cn1. The van der Waals surface area contributed by atoms with Gasteiger partial charge in [0.05, 0.1) is 17.6 Å². The van der Waals surface area contributed by atoms with Crippen LogP contribution in [0.5, 0.6) is 0 Å². The fraction of sp³-hybridized carbons (Fsp3) is 0.375. The van der Waals surface area contributed by atoms with Crippen LogP contribution in [0.4, 0.5) is 15.8 Å². The molecule has 1 amide bonds. The molecule has 0 aliphatic rings. The van der Waals surface area contributed by atoms with Gasteiger partial charge in [-0.05, 0) is 38.0 Å². The van der Waals surface area contributed by atoms with Crippen LogP contribution in [0.15, 0.2) is 30.6 Å². The highest BCUT2D eigenvalue weighted by atomic mass is 19.1. The van der Waals surface area contributed by atoms with E-state index in [1.165, 1.54) is 6.07 Å². The predicted octanol–water partition coefficient (Wildman–Crippen LogP) is 3.18. The molecule has 5 nitrogen and oxygen atoms in total. The first-order chi connectivity index (χ1) is 10.5. The Morgan fingerprint density at radius 2 is 2.23 bits per heavy atom. The normalized spacial score (nSPS) is 12.0. The quantitative estimate of drug-likeness (QED) is 0.861. The summed E-state index contributed by atoms with van der Waals surface area (Å²) < 4.78 is 15.6. The molecule has 0 bridgehead atoms. The molecule has 1 heterocycles. The van der Waals surface area contributed by atoms with Crippen molar-refractivity contribution in [2.24, 2.45) is 0 Å². The lowest BCUT2D eigenvalue weighted by Gasteiger charge is -2.14. The number of benzene rings is 1. The second-order valence-electron chi connectivity index (χ2n) is 5.33. The highest BCUT2D eigenvalue weighted by molar-refractivity contribution is 5.96. The number of halogens is 1. The Bertz CT molecular complexity index is 653. The lowest BCUT2D eigenvalue weighted by atomic mass is 10.2. The minimum absolute atomic E-state index is 0.186. The summed E-state index contributed by atoms with van der Waals surface area (Å²) in [6.45, 7) is 6.42. The number of rotatable bonds is 6. The zero-order chi connectivity index (χ0) is 16.1. The number of carbonyl (C=O) groups is 1.